The Balaban J connectivity index is 1.56. The molecule has 0 saturated heterocycles. The molecule has 1 aromatic carbocycles. The molecule has 7 heteroatoms. The minimum atomic E-state index is -0.0211. The van der Waals surface area contributed by atoms with Crippen molar-refractivity contribution < 1.29 is 4.79 Å². The number of carbonyl (C=O) groups excluding carboxylic acids is 1. The zero-order valence-electron chi connectivity index (χ0n) is 13.8. The maximum Gasteiger partial charge on any atom is 0.226 e. The molecule has 3 rings (SSSR count). The zero-order valence-corrected chi connectivity index (χ0v) is 13.8. The Morgan fingerprint density at radius 3 is 2.75 bits per heavy atom. The summed E-state index contributed by atoms with van der Waals surface area (Å²) >= 11 is 0. The SMILES string of the molecule is CCc1nccn1CCC(=O)Nc1ccc(-c2n[nH]c(C)n2)cc1. The van der Waals surface area contributed by atoms with Crippen LogP contribution in [-0.2, 0) is 17.8 Å². The van der Waals surface area contributed by atoms with E-state index in [9.17, 15) is 4.79 Å². The molecular weight excluding hydrogens is 304 g/mol. The van der Waals surface area contributed by atoms with Crippen LogP contribution >= 0.6 is 0 Å². The molecule has 2 heterocycles. The molecule has 2 N–H and O–H groups in total. The molecule has 0 unspecified atom stereocenters. The van der Waals surface area contributed by atoms with Crippen LogP contribution < -0.4 is 5.32 Å². The third-order valence-electron chi connectivity index (χ3n) is 3.72. The minimum Gasteiger partial charge on any atom is -0.334 e. The van der Waals surface area contributed by atoms with Crippen LogP contribution in [0.4, 0.5) is 5.69 Å². The third-order valence-corrected chi connectivity index (χ3v) is 3.72. The summed E-state index contributed by atoms with van der Waals surface area (Å²) < 4.78 is 2.01. The van der Waals surface area contributed by atoms with Crippen molar-refractivity contribution in [3.05, 3.63) is 48.3 Å². The van der Waals surface area contributed by atoms with Crippen molar-refractivity contribution in [1.29, 1.82) is 0 Å². The fourth-order valence-electron chi connectivity index (χ4n) is 2.48. The largest absolute Gasteiger partial charge is 0.334 e. The number of nitrogens with one attached hydrogen (secondary N) is 2. The Kier molecular flexibility index (Phi) is 4.69. The van der Waals surface area contributed by atoms with Crippen molar-refractivity contribution in [2.75, 3.05) is 5.32 Å². The van der Waals surface area contributed by atoms with Gasteiger partial charge in [0, 0.05) is 43.0 Å². The van der Waals surface area contributed by atoms with E-state index in [0.29, 0.717) is 18.8 Å². The van der Waals surface area contributed by atoms with E-state index in [-0.39, 0.29) is 5.91 Å². The van der Waals surface area contributed by atoms with Crippen LogP contribution in [0.15, 0.2) is 36.7 Å². The van der Waals surface area contributed by atoms with Crippen LogP contribution in [0.1, 0.15) is 25.0 Å². The van der Waals surface area contributed by atoms with Crippen LogP contribution in [0.2, 0.25) is 0 Å². The lowest BCUT2D eigenvalue weighted by Crippen LogP contribution is -2.15. The van der Waals surface area contributed by atoms with Gasteiger partial charge in [-0.1, -0.05) is 6.92 Å². The van der Waals surface area contributed by atoms with Crippen LogP contribution in [-0.4, -0.2) is 30.6 Å². The highest BCUT2D eigenvalue weighted by atomic mass is 16.1. The molecule has 3 aromatic rings. The van der Waals surface area contributed by atoms with Gasteiger partial charge in [0.2, 0.25) is 5.91 Å². The molecule has 0 spiro atoms. The molecule has 0 aliphatic carbocycles. The number of carbonyl (C=O) groups is 1. The van der Waals surface area contributed by atoms with Crippen molar-refractivity contribution in [1.82, 2.24) is 24.7 Å². The number of hydrogen-bond donors (Lipinski definition) is 2. The number of imidazole rings is 1. The van der Waals surface area contributed by atoms with E-state index in [1.807, 2.05) is 42.0 Å². The van der Waals surface area contributed by atoms with E-state index in [4.69, 9.17) is 0 Å². The number of hydrogen-bond acceptors (Lipinski definition) is 4. The Hall–Kier alpha value is -2.96. The van der Waals surface area contributed by atoms with Gasteiger partial charge in [-0.15, -0.1) is 0 Å². The predicted molar refractivity (Wildman–Crippen MR) is 91.4 cm³/mol. The van der Waals surface area contributed by atoms with Crippen molar-refractivity contribution >= 4 is 11.6 Å². The molecule has 0 aliphatic rings. The fraction of sp³-hybridized carbons (Fsp3) is 0.294. The second-order valence-electron chi connectivity index (χ2n) is 5.51. The summed E-state index contributed by atoms with van der Waals surface area (Å²) in [5.74, 6) is 2.40. The first-order valence-electron chi connectivity index (χ1n) is 7.95. The highest BCUT2D eigenvalue weighted by Gasteiger charge is 2.07. The van der Waals surface area contributed by atoms with Gasteiger partial charge < -0.3 is 9.88 Å². The topological polar surface area (TPSA) is 88.5 Å². The number of rotatable bonds is 6. The number of anilines is 1. The highest BCUT2D eigenvalue weighted by molar-refractivity contribution is 5.90. The Labute approximate surface area is 140 Å². The number of amides is 1. The van der Waals surface area contributed by atoms with Crippen LogP contribution in [0.25, 0.3) is 11.4 Å². The number of aromatic amines is 1. The average molecular weight is 324 g/mol. The molecule has 0 bridgehead atoms. The van der Waals surface area contributed by atoms with Gasteiger partial charge in [-0.3, -0.25) is 9.89 Å². The van der Waals surface area contributed by atoms with E-state index in [2.05, 4.69) is 32.4 Å². The van der Waals surface area contributed by atoms with E-state index >= 15 is 0 Å². The van der Waals surface area contributed by atoms with Crippen molar-refractivity contribution in [2.24, 2.45) is 0 Å². The van der Waals surface area contributed by atoms with E-state index < -0.39 is 0 Å². The maximum absolute atomic E-state index is 12.1. The number of benzene rings is 1. The Bertz CT molecular complexity index is 818. The van der Waals surface area contributed by atoms with Gasteiger partial charge >= 0.3 is 0 Å². The molecule has 0 saturated carbocycles. The molecule has 24 heavy (non-hydrogen) atoms. The number of aryl methyl sites for hydroxylation is 3. The molecule has 0 radical (unpaired) electrons. The molecule has 7 nitrogen and oxygen atoms in total. The first kappa shape index (κ1) is 15.9. The monoisotopic (exact) mass is 324 g/mol. The Morgan fingerprint density at radius 2 is 2.08 bits per heavy atom. The first-order chi connectivity index (χ1) is 11.7. The summed E-state index contributed by atoms with van der Waals surface area (Å²) in [7, 11) is 0. The summed E-state index contributed by atoms with van der Waals surface area (Å²) in [6.45, 7) is 4.54. The number of H-pyrrole nitrogens is 1. The molecule has 0 aliphatic heterocycles. The second kappa shape index (κ2) is 7.08. The van der Waals surface area contributed by atoms with Crippen molar-refractivity contribution in [3.63, 3.8) is 0 Å². The fourth-order valence-corrected chi connectivity index (χ4v) is 2.48. The lowest BCUT2D eigenvalue weighted by atomic mass is 10.2. The van der Waals surface area contributed by atoms with Gasteiger partial charge in [0.25, 0.3) is 0 Å². The van der Waals surface area contributed by atoms with Crippen molar-refractivity contribution in [2.45, 2.75) is 33.2 Å². The smallest absolute Gasteiger partial charge is 0.226 e. The average Bonchev–Trinajstić information content (AvgIpc) is 3.22. The Morgan fingerprint density at radius 1 is 1.29 bits per heavy atom. The normalized spacial score (nSPS) is 10.8. The van der Waals surface area contributed by atoms with Gasteiger partial charge in [0.15, 0.2) is 5.82 Å². The highest BCUT2D eigenvalue weighted by Crippen LogP contribution is 2.18. The summed E-state index contributed by atoms with van der Waals surface area (Å²) in [6.07, 6.45) is 4.93. The van der Waals surface area contributed by atoms with Crippen LogP contribution in [0.5, 0.6) is 0 Å². The quantitative estimate of drug-likeness (QED) is 0.729. The van der Waals surface area contributed by atoms with Gasteiger partial charge in [0.05, 0.1) is 0 Å². The lowest BCUT2D eigenvalue weighted by Gasteiger charge is -2.08. The molecule has 0 fully saturated rings. The summed E-state index contributed by atoms with van der Waals surface area (Å²) in [6, 6.07) is 7.49. The summed E-state index contributed by atoms with van der Waals surface area (Å²) in [5, 5.41) is 9.84. The molecule has 124 valence electrons. The third kappa shape index (κ3) is 3.68. The number of aromatic nitrogens is 5. The summed E-state index contributed by atoms with van der Waals surface area (Å²) in [5.41, 5.74) is 1.67. The van der Waals surface area contributed by atoms with Gasteiger partial charge in [-0.2, -0.15) is 5.10 Å². The van der Waals surface area contributed by atoms with E-state index in [1.54, 1.807) is 6.20 Å². The van der Waals surface area contributed by atoms with Crippen molar-refractivity contribution in [3.8, 4) is 11.4 Å². The van der Waals surface area contributed by atoms with E-state index in [1.165, 1.54) is 0 Å². The standard InChI is InChI=1S/C17H20N6O/c1-3-15-18-9-11-23(15)10-8-16(24)20-14-6-4-13(5-7-14)17-19-12(2)21-22-17/h4-7,9,11H,3,8,10H2,1-2H3,(H,20,24)(H,19,21,22). The molecule has 2 aromatic heterocycles. The predicted octanol–water partition coefficient (Wildman–Crippen LogP) is 2.57. The van der Waals surface area contributed by atoms with Gasteiger partial charge in [-0.25, -0.2) is 9.97 Å². The van der Waals surface area contributed by atoms with Crippen LogP contribution in [0.3, 0.4) is 0 Å². The van der Waals surface area contributed by atoms with Crippen LogP contribution in [0, 0.1) is 6.92 Å². The summed E-state index contributed by atoms with van der Waals surface area (Å²) in [4.78, 5) is 20.6. The first-order valence-corrected chi connectivity index (χ1v) is 7.95. The van der Waals surface area contributed by atoms with E-state index in [0.717, 1.165) is 29.3 Å². The lowest BCUT2D eigenvalue weighted by molar-refractivity contribution is -0.116. The second-order valence-corrected chi connectivity index (χ2v) is 5.51. The minimum absolute atomic E-state index is 0.0211. The zero-order chi connectivity index (χ0) is 16.9. The molecular formula is C17H20N6O. The number of nitrogens with zero attached hydrogens (tertiary/aromatic N) is 4. The maximum atomic E-state index is 12.1. The van der Waals surface area contributed by atoms with Gasteiger partial charge in [0.1, 0.15) is 11.6 Å². The van der Waals surface area contributed by atoms with Gasteiger partial charge in [-0.05, 0) is 31.2 Å². The molecule has 0 atom stereocenters. The molecule has 1 amide bonds.